The highest BCUT2D eigenvalue weighted by Crippen LogP contribution is 2.27. The summed E-state index contributed by atoms with van der Waals surface area (Å²) in [6, 6.07) is 6.26. The molecule has 5 heteroatoms. The fraction of sp³-hybridized carbons (Fsp3) is 0.526. The SMILES string of the molecule is COc1ccc2c(c1)c(CCNC(C)=O)cn2CN1CCCCC1. The number of benzene rings is 1. The zero-order valence-corrected chi connectivity index (χ0v) is 14.7. The second-order valence-corrected chi connectivity index (χ2v) is 6.56. The molecular weight excluding hydrogens is 302 g/mol. The molecule has 1 saturated heterocycles. The molecule has 1 N–H and O–H groups in total. The number of hydrogen-bond donors (Lipinski definition) is 1. The number of carbonyl (C=O) groups excluding carboxylic acids is 1. The van der Waals surface area contributed by atoms with Crippen molar-refractivity contribution in [1.82, 2.24) is 14.8 Å². The Morgan fingerprint density at radius 3 is 2.75 bits per heavy atom. The predicted octanol–water partition coefficient (Wildman–Crippen LogP) is 2.77. The largest absolute Gasteiger partial charge is 0.497 e. The highest BCUT2D eigenvalue weighted by Gasteiger charge is 2.14. The van der Waals surface area contributed by atoms with Crippen LogP contribution in [0, 0.1) is 0 Å². The van der Waals surface area contributed by atoms with E-state index in [9.17, 15) is 4.79 Å². The zero-order chi connectivity index (χ0) is 16.9. The van der Waals surface area contributed by atoms with Crippen molar-refractivity contribution >= 4 is 16.8 Å². The van der Waals surface area contributed by atoms with E-state index >= 15 is 0 Å². The summed E-state index contributed by atoms with van der Waals surface area (Å²) in [6.45, 7) is 5.51. The second kappa shape index (κ2) is 7.71. The monoisotopic (exact) mass is 329 g/mol. The summed E-state index contributed by atoms with van der Waals surface area (Å²) in [4.78, 5) is 13.6. The smallest absolute Gasteiger partial charge is 0.216 e. The molecule has 0 unspecified atom stereocenters. The molecule has 0 saturated carbocycles. The van der Waals surface area contributed by atoms with E-state index in [4.69, 9.17) is 4.74 Å². The normalized spacial score (nSPS) is 15.6. The van der Waals surface area contributed by atoms with Gasteiger partial charge in [0.2, 0.25) is 5.91 Å². The number of amides is 1. The standard InChI is InChI=1S/C19H27N3O2/c1-15(23)20-9-8-16-13-22(14-21-10-4-3-5-11-21)19-7-6-17(24-2)12-18(16)19/h6-7,12-13H,3-5,8-11,14H2,1-2H3,(H,20,23). The molecule has 1 amide bonds. The average molecular weight is 329 g/mol. The third kappa shape index (κ3) is 3.90. The van der Waals surface area contributed by atoms with Gasteiger partial charge in [0.15, 0.2) is 0 Å². The Hall–Kier alpha value is -2.01. The van der Waals surface area contributed by atoms with Crippen LogP contribution in [0.2, 0.25) is 0 Å². The van der Waals surface area contributed by atoms with Gasteiger partial charge in [-0.05, 0) is 56.1 Å². The van der Waals surface area contributed by atoms with Gasteiger partial charge in [0.05, 0.1) is 13.8 Å². The molecule has 1 fully saturated rings. The molecule has 2 aromatic rings. The first kappa shape index (κ1) is 16.8. The highest BCUT2D eigenvalue weighted by molar-refractivity contribution is 5.85. The summed E-state index contributed by atoms with van der Waals surface area (Å²) in [5.74, 6) is 0.892. The van der Waals surface area contributed by atoms with Crippen LogP contribution in [-0.2, 0) is 17.9 Å². The van der Waals surface area contributed by atoms with Crippen LogP contribution < -0.4 is 10.1 Å². The molecule has 0 radical (unpaired) electrons. The lowest BCUT2D eigenvalue weighted by atomic mass is 10.1. The fourth-order valence-corrected chi connectivity index (χ4v) is 3.48. The van der Waals surface area contributed by atoms with Crippen LogP contribution in [0.15, 0.2) is 24.4 Å². The maximum Gasteiger partial charge on any atom is 0.216 e. The van der Waals surface area contributed by atoms with Crippen molar-refractivity contribution in [3.8, 4) is 5.75 Å². The Kier molecular flexibility index (Phi) is 5.41. The lowest BCUT2D eigenvalue weighted by molar-refractivity contribution is -0.118. The maximum absolute atomic E-state index is 11.1. The molecular formula is C19H27N3O2. The molecule has 5 nitrogen and oxygen atoms in total. The van der Waals surface area contributed by atoms with Crippen molar-refractivity contribution in [1.29, 1.82) is 0 Å². The third-order valence-corrected chi connectivity index (χ3v) is 4.74. The fourth-order valence-electron chi connectivity index (χ4n) is 3.48. The number of hydrogen-bond acceptors (Lipinski definition) is 3. The number of nitrogens with one attached hydrogen (secondary N) is 1. The third-order valence-electron chi connectivity index (χ3n) is 4.74. The first-order valence-corrected chi connectivity index (χ1v) is 8.80. The summed E-state index contributed by atoms with van der Waals surface area (Å²) in [7, 11) is 1.70. The van der Waals surface area contributed by atoms with E-state index in [2.05, 4.69) is 33.1 Å². The van der Waals surface area contributed by atoms with Crippen molar-refractivity contribution in [3.63, 3.8) is 0 Å². The first-order valence-electron chi connectivity index (χ1n) is 8.80. The van der Waals surface area contributed by atoms with Crippen LogP contribution in [0.1, 0.15) is 31.7 Å². The van der Waals surface area contributed by atoms with Crippen LogP contribution in [0.25, 0.3) is 10.9 Å². The van der Waals surface area contributed by atoms with Gasteiger partial charge in [-0.1, -0.05) is 6.42 Å². The van der Waals surface area contributed by atoms with Crippen LogP contribution in [0.4, 0.5) is 0 Å². The van der Waals surface area contributed by atoms with E-state index in [1.54, 1.807) is 14.0 Å². The summed E-state index contributed by atoms with van der Waals surface area (Å²) in [5, 5.41) is 4.11. The summed E-state index contributed by atoms with van der Waals surface area (Å²) in [5.41, 5.74) is 2.49. The van der Waals surface area contributed by atoms with E-state index in [0.717, 1.165) is 18.8 Å². The van der Waals surface area contributed by atoms with E-state index in [1.165, 1.54) is 48.8 Å². The number of fused-ring (bicyclic) bond motifs is 1. The number of carbonyl (C=O) groups is 1. The molecule has 1 aromatic heterocycles. The molecule has 1 aliphatic rings. The first-order chi connectivity index (χ1) is 11.7. The highest BCUT2D eigenvalue weighted by atomic mass is 16.5. The summed E-state index contributed by atoms with van der Waals surface area (Å²) >= 11 is 0. The number of aromatic nitrogens is 1. The molecule has 24 heavy (non-hydrogen) atoms. The number of methoxy groups -OCH3 is 1. The minimum absolute atomic E-state index is 0.0182. The van der Waals surface area contributed by atoms with Gasteiger partial charge in [0, 0.05) is 30.6 Å². The molecule has 0 bridgehead atoms. The van der Waals surface area contributed by atoms with E-state index in [0.29, 0.717) is 6.54 Å². The van der Waals surface area contributed by atoms with E-state index in [1.807, 2.05) is 6.07 Å². The molecule has 0 aliphatic carbocycles. The molecule has 0 spiro atoms. The lowest BCUT2D eigenvalue weighted by Crippen LogP contribution is -2.31. The minimum atomic E-state index is 0.0182. The van der Waals surface area contributed by atoms with Crippen LogP contribution in [0.3, 0.4) is 0 Å². The molecule has 130 valence electrons. The van der Waals surface area contributed by atoms with Gasteiger partial charge in [0.25, 0.3) is 0 Å². The topological polar surface area (TPSA) is 46.5 Å². The average Bonchev–Trinajstić information content (AvgIpc) is 2.92. The molecule has 1 aliphatic heterocycles. The predicted molar refractivity (Wildman–Crippen MR) is 96.3 cm³/mol. The van der Waals surface area contributed by atoms with Crippen LogP contribution in [-0.4, -0.2) is 42.1 Å². The molecule has 2 heterocycles. The Morgan fingerprint density at radius 1 is 1.25 bits per heavy atom. The number of ether oxygens (including phenoxy) is 1. The summed E-state index contributed by atoms with van der Waals surface area (Å²) in [6.07, 6.45) is 7.00. The van der Waals surface area contributed by atoms with Crippen molar-refractivity contribution in [2.75, 3.05) is 26.7 Å². The zero-order valence-electron chi connectivity index (χ0n) is 14.7. The summed E-state index contributed by atoms with van der Waals surface area (Å²) < 4.78 is 7.73. The van der Waals surface area contributed by atoms with E-state index < -0.39 is 0 Å². The quantitative estimate of drug-likeness (QED) is 0.886. The maximum atomic E-state index is 11.1. The number of nitrogens with zero attached hydrogens (tertiary/aromatic N) is 2. The Morgan fingerprint density at radius 2 is 2.04 bits per heavy atom. The van der Waals surface area contributed by atoms with Crippen LogP contribution >= 0.6 is 0 Å². The van der Waals surface area contributed by atoms with Crippen molar-refractivity contribution in [3.05, 3.63) is 30.0 Å². The lowest BCUT2D eigenvalue weighted by Gasteiger charge is -2.27. The minimum Gasteiger partial charge on any atom is -0.497 e. The van der Waals surface area contributed by atoms with Gasteiger partial charge < -0.3 is 14.6 Å². The number of likely N-dealkylation sites (tertiary alicyclic amines) is 1. The van der Waals surface area contributed by atoms with Gasteiger partial charge >= 0.3 is 0 Å². The van der Waals surface area contributed by atoms with Gasteiger partial charge in [-0.2, -0.15) is 0 Å². The number of rotatable bonds is 6. The van der Waals surface area contributed by atoms with Gasteiger partial charge in [-0.3, -0.25) is 9.69 Å². The molecule has 0 atom stereocenters. The van der Waals surface area contributed by atoms with Crippen molar-refractivity contribution < 1.29 is 9.53 Å². The molecule has 3 rings (SSSR count). The molecule has 1 aromatic carbocycles. The van der Waals surface area contributed by atoms with Crippen LogP contribution in [0.5, 0.6) is 5.75 Å². The Labute approximate surface area is 143 Å². The van der Waals surface area contributed by atoms with Gasteiger partial charge in [-0.15, -0.1) is 0 Å². The van der Waals surface area contributed by atoms with E-state index in [-0.39, 0.29) is 5.91 Å². The van der Waals surface area contributed by atoms with Gasteiger partial charge in [0.1, 0.15) is 5.75 Å². The number of piperidine rings is 1. The van der Waals surface area contributed by atoms with Crippen molar-refractivity contribution in [2.24, 2.45) is 0 Å². The Balaban J connectivity index is 1.85. The second-order valence-electron chi connectivity index (χ2n) is 6.56. The van der Waals surface area contributed by atoms with Gasteiger partial charge in [-0.25, -0.2) is 0 Å². The van der Waals surface area contributed by atoms with Crippen molar-refractivity contribution in [2.45, 2.75) is 39.3 Å². The Bertz CT molecular complexity index is 702.